The number of benzene rings is 1. The van der Waals surface area contributed by atoms with Crippen LogP contribution in [0.2, 0.25) is 0 Å². The van der Waals surface area contributed by atoms with E-state index in [1.54, 1.807) is 0 Å². The molecule has 0 atom stereocenters. The fourth-order valence-corrected chi connectivity index (χ4v) is 1.38. The standard InChI is InChI=1S/C10H9NO4/c12-8-3-1-7(2-4-8)11-9(13)5-15-6-10(11)14/h1-4,12H,5-6H2. The second-order valence-corrected chi connectivity index (χ2v) is 3.13. The molecule has 1 aliphatic heterocycles. The lowest BCUT2D eigenvalue weighted by Gasteiger charge is -2.24. The highest BCUT2D eigenvalue weighted by Gasteiger charge is 2.27. The third kappa shape index (κ3) is 1.82. The Hall–Kier alpha value is -1.88. The number of amides is 2. The summed E-state index contributed by atoms with van der Waals surface area (Å²) in [6.45, 7) is -0.181. The predicted octanol–water partition coefficient (Wildman–Crippen LogP) is 0.282. The molecule has 2 amide bonds. The largest absolute Gasteiger partial charge is 0.508 e. The van der Waals surface area contributed by atoms with Gasteiger partial charge in [0.25, 0.3) is 11.8 Å². The maximum atomic E-state index is 11.4. The first-order valence-corrected chi connectivity index (χ1v) is 4.41. The molecule has 0 radical (unpaired) electrons. The van der Waals surface area contributed by atoms with Gasteiger partial charge < -0.3 is 9.84 Å². The van der Waals surface area contributed by atoms with Crippen molar-refractivity contribution in [2.45, 2.75) is 0 Å². The number of nitrogens with zero attached hydrogens (tertiary/aromatic N) is 1. The Bertz CT molecular complexity index is 382. The minimum absolute atomic E-state index is 0.0897. The van der Waals surface area contributed by atoms with Gasteiger partial charge in [0, 0.05) is 0 Å². The van der Waals surface area contributed by atoms with Gasteiger partial charge in [0.15, 0.2) is 0 Å². The molecule has 0 aliphatic carbocycles. The van der Waals surface area contributed by atoms with Gasteiger partial charge in [-0.2, -0.15) is 0 Å². The third-order valence-corrected chi connectivity index (χ3v) is 2.06. The van der Waals surface area contributed by atoms with Crippen LogP contribution < -0.4 is 4.90 Å². The zero-order valence-electron chi connectivity index (χ0n) is 7.84. The van der Waals surface area contributed by atoms with Gasteiger partial charge in [-0.15, -0.1) is 0 Å². The average Bonchev–Trinajstić information content (AvgIpc) is 2.20. The Morgan fingerprint density at radius 1 is 1.07 bits per heavy atom. The SMILES string of the molecule is O=C1COCC(=O)N1c1ccc(O)cc1. The van der Waals surface area contributed by atoms with Crippen LogP contribution in [0.25, 0.3) is 0 Å². The molecular weight excluding hydrogens is 198 g/mol. The number of morpholine rings is 1. The summed E-state index contributed by atoms with van der Waals surface area (Å²) < 4.78 is 4.78. The van der Waals surface area contributed by atoms with E-state index in [9.17, 15) is 9.59 Å². The van der Waals surface area contributed by atoms with Crippen LogP contribution in [0, 0.1) is 0 Å². The van der Waals surface area contributed by atoms with E-state index >= 15 is 0 Å². The summed E-state index contributed by atoms with van der Waals surface area (Å²) in [6.07, 6.45) is 0. The number of phenolic OH excluding ortho intramolecular Hbond substituents is 1. The highest BCUT2D eigenvalue weighted by atomic mass is 16.5. The van der Waals surface area contributed by atoms with E-state index < -0.39 is 11.8 Å². The first-order valence-electron chi connectivity index (χ1n) is 4.41. The van der Waals surface area contributed by atoms with Crippen molar-refractivity contribution in [3.8, 4) is 5.75 Å². The highest BCUT2D eigenvalue weighted by Crippen LogP contribution is 2.20. The summed E-state index contributed by atoms with van der Waals surface area (Å²) in [4.78, 5) is 23.9. The van der Waals surface area contributed by atoms with Crippen LogP contribution in [-0.4, -0.2) is 30.1 Å². The summed E-state index contributed by atoms with van der Waals surface area (Å²) in [7, 11) is 0. The molecule has 1 saturated heterocycles. The summed E-state index contributed by atoms with van der Waals surface area (Å²) in [5.41, 5.74) is 0.450. The van der Waals surface area contributed by atoms with Gasteiger partial charge in [-0.25, -0.2) is 4.90 Å². The van der Waals surface area contributed by atoms with Gasteiger partial charge in [0.2, 0.25) is 0 Å². The van der Waals surface area contributed by atoms with Crippen molar-refractivity contribution in [2.75, 3.05) is 18.1 Å². The molecular formula is C10H9NO4. The van der Waals surface area contributed by atoms with Crippen LogP contribution in [0.15, 0.2) is 24.3 Å². The minimum Gasteiger partial charge on any atom is -0.508 e. The summed E-state index contributed by atoms with van der Waals surface area (Å²) in [5.74, 6) is -0.694. The van der Waals surface area contributed by atoms with E-state index in [0.717, 1.165) is 4.90 Å². The quantitative estimate of drug-likeness (QED) is 0.672. The van der Waals surface area contributed by atoms with E-state index in [2.05, 4.69) is 0 Å². The van der Waals surface area contributed by atoms with Crippen LogP contribution in [0.3, 0.4) is 0 Å². The molecule has 1 N–H and O–H groups in total. The van der Waals surface area contributed by atoms with Gasteiger partial charge in [-0.3, -0.25) is 9.59 Å². The van der Waals surface area contributed by atoms with Crippen LogP contribution in [-0.2, 0) is 14.3 Å². The summed E-state index contributed by atoms with van der Waals surface area (Å²) in [5, 5.41) is 9.07. The van der Waals surface area contributed by atoms with Gasteiger partial charge in [-0.05, 0) is 24.3 Å². The van der Waals surface area contributed by atoms with Crippen molar-refractivity contribution in [1.29, 1.82) is 0 Å². The fourth-order valence-electron chi connectivity index (χ4n) is 1.38. The number of carbonyl (C=O) groups excluding carboxylic acids is 2. The number of hydrogen-bond acceptors (Lipinski definition) is 4. The molecule has 15 heavy (non-hydrogen) atoms. The zero-order chi connectivity index (χ0) is 10.8. The van der Waals surface area contributed by atoms with Gasteiger partial charge in [0.1, 0.15) is 19.0 Å². The van der Waals surface area contributed by atoms with Crippen molar-refractivity contribution in [3.63, 3.8) is 0 Å². The second kappa shape index (κ2) is 3.70. The van der Waals surface area contributed by atoms with Crippen LogP contribution in [0.1, 0.15) is 0 Å². The Labute approximate surface area is 85.9 Å². The molecule has 0 spiro atoms. The van der Waals surface area contributed by atoms with E-state index in [1.165, 1.54) is 24.3 Å². The fraction of sp³-hybridized carbons (Fsp3) is 0.200. The van der Waals surface area contributed by atoms with Crippen molar-refractivity contribution >= 4 is 17.5 Å². The van der Waals surface area contributed by atoms with E-state index in [-0.39, 0.29) is 19.0 Å². The lowest BCUT2D eigenvalue weighted by atomic mass is 10.2. The molecule has 2 rings (SSSR count). The molecule has 0 unspecified atom stereocenters. The lowest BCUT2D eigenvalue weighted by Crippen LogP contribution is -2.46. The summed E-state index contributed by atoms with van der Waals surface area (Å²) in [6, 6.07) is 5.86. The van der Waals surface area contributed by atoms with Crippen molar-refractivity contribution in [1.82, 2.24) is 0 Å². The van der Waals surface area contributed by atoms with Crippen molar-refractivity contribution < 1.29 is 19.4 Å². The molecule has 0 aromatic heterocycles. The predicted molar refractivity (Wildman–Crippen MR) is 51.4 cm³/mol. The Morgan fingerprint density at radius 3 is 2.13 bits per heavy atom. The molecule has 0 bridgehead atoms. The van der Waals surface area contributed by atoms with Crippen molar-refractivity contribution in [2.24, 2.45) is 0 Å². The number of carbonyl (C=O) groups is 2. The molecule has 1 fully saturated rings. The Kier molecular flexibility index (Phi) is 2.39. The minimum atomic E-state index is -0.392. The number of anilines is 1. The number of rotatable bonds is 1. The van der Waals surface area contributed by atoms with E-state index in [4.69, 9.17) is 9.84 Å². The van der Waals surface area contributed by atoms with Crippen LogP contribution in [0.5, 0.6) is 5.75 Å². The number of aromatic hydroxyl groups is 1. The maximum Gasteiger partial charge on any atom is 0.259 e. The van der Waals surface area contributed by atoms with Crippen LogP contribution >= 0.6 is 0 Å². The Morgan fingerprint density at radius 2 is 1.60 bits per heavy atom. The Balaban J connectivity index is 2.31. The first kappa shape index (κ1) is 9.67. The van der Waals surface area contributed by atoms with Gasteiger partial charge >= 0.3 is 0 Å². The lowest BCUT2D eigenvalue weighted by molar-refractivity contribution is -0.138. The molecule has 1 heterocycles. The van der Waals surface area contributed by atoms with E-state index in [0.29, 0.717) is 5.69 Å². The molecule has 78 valence electrons. The molecule has 5 nitrogen and oxygen atoms in total. The maximum absolute atomic E-state index is 11.4. The number of hydrogen-bond donors (Lipinski definition) is 1. The van der Waals surface area contributed by atoms with Gasteiger partial charge in [-0.1, -0.05) is 0 Å². The second-order valence-electron chi connectivity index (χ2n) is 3.13. The monoisotopic (exact) mass is 207 g/mol. The third-order valence-electron chi connectivity index (χ3n) is 2.06. The smallest absolute Gasteiger partial charge is 0.259 e. The van der Waals surface area contributed by atoms with Crippen molar-refractivity contribution in [3.05, 3.63) is 24.3 Å². The molecule has 1 aromatic rings. The molecule has 1 aromatic carbocycles. The number of phenols is 1. The van der Waals surface area contributed by atoms with Crippen LogP contribution in [0.4, 0.5) is 5.69 Å². The first-order chi connectivity index (χ1) is 7.18. The highest BCUT2D eigenvalue weighted by molar-refractivity contribution is 6.16. The zero-order valence-corrected chi connectivity index (χ0v) is 7.84. The molecule has 5 heteroatoms. The molecule has 1 aliphatic rings. The van der Waals surface area contributed by atoms with E-state index in [1.807, 2.05) is 0 Å². The normalized spacial score (nSPS) is 16.9. The van der Waals surface area contributed by atoms with Gasteiger partial charge in [0.05, 0.1) is 5.69 Å². The topological polar surface area (TPSA) is 66.8 Å². The summed E-state index contributed by atoms with van der Waals surface area (Å²) >= 11 is 0. The molecule has 0 saturated carbocycles. The number of imide groups is 1. The average molecular weight is 207 g/mol. The number of ether oxygens (including phenoxy) is 1.